The fourth-order valence-corrected chi connectivity index (χ4v) is 3.07. The number of hydrogen-bond donors (Lipinski definition) is 2. The van der Waals surface area contributed by atoms with E-state index in [0.717, 1.165) is 30.2 Å². The van der Waals surface area contributed by atoms with Crippen molar-refractivity contribution in [3.8, 4) is 0 Å². The minimum atomic E-state index is -0.181. The zero-order chi connectivity index (χ0) is 17.5. The van der Waals surface area contributed by atoms with Gasteiger partial charge < -0.3 is 20.0 Å². The quantitative estimate of drug-likeness (QED) is 0.846. The molecule has 2 aromatic heterocycles. The number of carbonyl (C=O) groups is 1. The molecule has 3 rings (SSSR count). The zero-order valence-corrected chi connectivity index (χ0v) is 14.7. The van der Waals surface area contributed by atoms with E-state index in [1.807, 2.05) is 37.4 Å². The lowest BCUT2D eigenvalue weighted by molar-refractivity contribution is 0.237. The maximum atomic E-state index is 12.0. The Bertz CT molecular complexity index is 649. The second-order valence-corrected chi connectivity index (χ2v) is 6.58. The van der Waals surface area contributed by atoms with E-state index in [2.05, 4.69) is 20.5 Å². The highest BCUT2D eigenvalue weighted by Gasteiger charge is 2.12. The van der Waals surface area contributed by atoms with Crippen LogP contribution in [-0.2, 0) is 13.0 Å². The molecule has 0 spiro atoms. The van der Waals surface area contributed by atoms with Crippen LogP contribution in [0, 0.1) is 0 Å². The molecule has 0 aliphatic carbocycles. The number of piperidine rings is 1. The topological polar surface area (TPSA) is 70.4 Å². The molecule has 6 heteroatoms. The van der Waals surface area contributed by atoms with E-state index in [4.69, 9.17) is 4.42 Å². The second kappa shape index (κ2) is 8.55. The van der Waals surface area contributed by atoms with E-state index >= 15 is 0 Å². The minimum absolute atomic E-state index is 0.00533. The van der Waals surface area contributed by atoms with Gasteiger partial charge >= 0.3 is 6.03 Å². The third-order valence-corrected chi connectivity index (χ3v) is 4.41. The Morgan fingerprint density at radius 3 is 2.80 bits per heavy atom. The Morgan fingerprint density at radius 2 is 2.12 bits per heavy atom. The van der Waals surface area contributed by atoms with Crippen molar-refractivity contribution in [3.63, 3.8) is 0 Å². The van der Waals surface area contributed by atoms with E-state index < -0.39 is 0 Å². The van der Waals surface area contributed by atoms with Crippen molar-refractivity contribution in [2.45, 2.75) is 45.2 Å². The van der Waals surface area contributed by atoms with Crippen LogP contribution in [0.15, 0.2) is 41.1 Å². The van der Waals surface area contributed by atoms with E-state index in [-0.39, 0.29) is 12.1 Å². The lowest BCUT2D eigenvalue weighted by Gasteiger charge is -2.27. The minimum Gasteiger partial charge on any atom is -0.469 e. The van der Waals surface area contributed by atoms with Crippen LogP contribution in [0.3, 0.4) is 0 Å². The van der Waals surface area contributed by atoms with Crippen molar-refractivity contribution in [1.29, 1.82) is 0 Å². The molecule has 134 valence electrons. The monoisotopic (exact) mass is 342 g/mol. The first-order valence-electron chi connectivity index (χ1n) is 8.97. The Labute approximate surface area is 148 Å². The molecular weight excluding hydrogens is 316 g/mol. The van der Waals surface area contributed by atoms with Crippen molar-refractivity contribution >= 4 is 11.8 Å². The summed E-state index contributed by atoms with van der Waals surface area (Å²) >= 11 is 0. The Morgan fingerprint density at radius 1 is 1.28 bits per heavy atom. The van der Waals surface area contributed by atoms with Gasteiger partial charge in [-0.25, -0.2) is 9.78 Å². The van der Waals surface area contributed by atoms with Crippen LogP contribution in [0.25, 0.3) is 0 Å². The molecule has 1 fully saturated rings. The molecule has 0 aromatic carbocycles. The number of anilines is 1. The number of urea groups is 1. The Hall–Kier alpha value is -2.50. The van der Waals surface area contributed by atoms with Crippen molar-refractivity contribution < 1.29 is 9.21 Å². The van der Waals surface area contributed by atoms with Gasteiger partial charge in [-0.2, -0.15) is 0 Å². The number of furan rings is 1. The van der Waals surface area contributed by atoms with Crippen LogP contribution in [0.2, 0.25) is 0 Å². The number of nitrogens with zero attached hydrogens (tertiary/aromatic N) is 2. The molecule has 1 aliphatic rings. The van der Waals surface area contributed by atoms with E-state index in [1.165, 1.54) is 19.3 Å². The van der Waals surface area contributed by atoms with Gasteiger partial charge in [0, 0.05) is 38.3 Å². The molecule has 3 heterocycles. The van der Waals surface area contributed by atoms with Crippen LogP contribution in [0.5, 0.6) is 0 Å². The SMILES string of the molecule is CC(Cc1ccco1)NC(=O)NCc1ccc(N2CCCCC2)nc1. The lowest BCUT2D eigenvalue weighted by Crippen LogP contribution is -2.41. The van der Waals surface area contributed by atoms with Gasteiger partial charge in [-0.05, 0) is 49.9 Å². The molecule has 2 aromatic rings. The largest absolute Gasteiger partial charge is 0.469 e. The summed E-state index contributed by atoms with van der Waals surface area (Å²) in [6.07, 6.45) is 7.94. The number of nitrogens with one attached hydrogen (secondary N) is 2. The highest BCUT2D eigenvalue weighted by Crippen LogP contribution is 2.17. The highest BCUT2D eigenvalue weighted by atomic mass is 16.3. The predicted molar refractivity (Wildman–Crippen MR) is 97.5 cm³/mol. The van der Waals surface area contributed by atoms with Gasteiger partial charge in [0.25, 0.3) is 0 Å². The maximum Gasteiger partial charge on any atom is 0.315 e. The van der Waals surface area contributed by atoms with Gasteiger partial charge in [0.05, 0.1) is 6.26 Å². The smallest absolute Gasteiger partial charge is 0.315 e. The Balaban J connectivity index is 1.42. The molecular formula is C19H26N4O2. The van der Waals surface area contributed by atoms with Crippen molar-refractivity contribution in [1.82, 2.24) is 15.6 Å². The summed E-state index contributed by atoms with van der Waals surface area (Å²) in [5.41, 5.74) is 0.995. The summed E-state index contributed by atoms with van der Waals surface area (Å²) in [5, 5.41) is 5.79. The van der Waals surface area contributed by atoms with Crippen LogP contribution >= 0.6 is 0 Å². The van der Waals surface area contributed by atoms with Gasteiger partial charge in [0.2, 0.25) is 0 Å². The average Bonchev–Trinajstić information content (AvgIpc) is 3.14. The van der Waals surface area contributed by atoms with Crippen LogP contribution in [-0.4, -0.2) is 30.1 Å². The first-order valence-corrected chi connectivity index (χ1v) is 8.97. The fourth-order valence-electron chi connectivity index (χ4n) is 3.07. The highest BCUT2D eigenvalue weighted by molar-refractivity contribution is 5.74. The summed E-state index contributed by atoms with van der Waals surface area (Å²) in [6, 6.07) is 7.65. The van der Waals surface area contributed by atoms with Crippen LogP contribution in [0.1, 0.15) is 37.5 Å². The molecule has 0 radical (unpaired) electrons. The fraction of sp³-hybridized carbons (Fsp3) is 0.474. The Kier molecular flexibility index (Phi) is 5.93. The first kappa shape index (κ1) is 17.3. The molecule has 0 bridgehead atoms. The summed E-state index contributed by atoms with van der Waals surface area (Å²) in [6.45, 7) is 4.59. The summed E-state index contributed by atoms with van der Waals surface area (Å²) in [4.78, 5) is 18.8. The number of rotatable bonds is 6. The molecule has 6 nitrogen and oxygen atoms in total. The molecule has 25 heavy (non-hydrogen) atoms. The summed E-state index contributed by atoms with van der Waals surface area (Å²) in [7, 11) is 0. The standard InChI is InChI=1S/C19H26N4O2/c1-15(12-17-6-5-11-25-17)22-19(24)21-14-16-7-8-18(20-13-16)23-9-3-2-4-10-23/h5-8,11,13,15H,2-4,9-10,12,14H2,1H3,(H2,21,22,24). The first-order chi connectivity index (χ1) is 12.2. The summed E-state index contributed by atoms with van der Waals surface area (Å²) < 4.78 is 5.29. The molecule has 1 atom stereocenters. The molecule has 2 N–H and O–H groups in total. The normalized spacial score (nSPS) is 15.6. The van der Waals surface area contributed by atoms with Crippen molar-refractivity contribution in [2.24, 2.45) is 0 Å². The van der Waals surface area contributed by atoms with Gasteiger partial charge in [-0.1, -0.05) is 6.07 Å². The van der Waals surface area contributed by atoms with E-state index in [9.17, 15) is 4.79 Å². The van der Waals surface area contributed by atoms with Crippen LogP contribution < -0.4 is 15.5 Å². The molecule has 1 saturated heterocycles. The van der Waals surface area contributed by atoms with Gasteiger partial charge in [0.1, 0.15) is 11.6 Å². The van der Waals surface area contributed by atoms with E-state index in [0.29, 0.717) is 13.0 Å². The van der Waals surface area contributed by atoms with Gasteiger partial charge in [-0.3, -0.25) is 0 Å². The van der Waals surface area contributed by atoms with Gasteiger partial charge in [0.15, 0.2) is 0 Å². The average molecular weight is 342 g/mol. The zero-order valence-electron chi connectivity index (χ0n) is 14.7. The molecule has 1 unspecified atom stereocenters. The van der Waals surface area contributed by atoms with Crippen molar-refractivity contribution in [3.05, 3.63) is 48.0 Å². The number of aromatic nitrogens is 1. The number of hydrogen-bond acceptors (Lipinski definition) is 4. The van der Waals surface area contributed by atoms with Crippen LogP contribution in [0.4, 0.5) is 10.6 Å². The molecule has 2 amide bonds. The molecule has 1 aliphatic heterocycles. The third-order valence-electron chi connectivity index (χ3n) is 4.41. The number of pyridine rings is 1. The predicted octanol–water partition coefficient (Wildman–Crippen LogP) is 3.10. The maximum absolute atomic E-state index is 12.0. The van der Waals surface area contributed by atoms with Crippen molar-refractivity contribution in [2.75, 3.05) is 18.0 Å². The summed E-state index contributed by atoms with van der Waals surface area (Å²) in [5.74, 6) is 1.89. The lowest BCUT2D eigenvalue weighted by atomic mass is 10.1. The number of amides is 2. The third kappa shape index (κ3) is 5.24. The van der Waals surface area contributed by atoms with E-state index in [1.54, 1.807) is 6.26 Å². The van der Waals surface area contributed by atoms with Gasteiger partial charge in [-0.15, -0.1) is 0 Å². The molecule has 0 saturated carbocycles. The second-order valence-electron chi connectivity index (χ2n) is 6.58. The number of carbonyl (C=O) groups excluding carboxylic acids is 1.